The predicted molar refractivity (Wildman–Crippen MR) is 114 cm³/mol. The number of methoxy groups -OCH3 is 1. The summed E-state index contributed by atoms with van der Waals surface area (Å²) in [6.45, 7) is 4.66. The fourth-order valence-corrected chi connectivity index (χ4v) is 3.24. The maximum absolute atomic E-state index is 13.0. The van der Waals surface area contributed by atoms with Crippen molar-refractivity contribution in [3.63, 3.8) is 0 Å². The van der Waals surface area contributed by atoms with Gasteiger partial charge in [-0.3, -0.25) is 9.13 Å². The molecule has 0 saturated carbocycles. The third-order valence-corrected chi connectivity index (χ3v) is 4.92. The summed E-state index contributed by atoms with van der Waals surface area (Å²) in [7, 11) is 1.59. The molecule has 29 heavy (non-hydrogen) atoms. The van der Waals surface area contributed by atoms with Gasteiger partial charge in [-0.2, -0.15) is 4.98 Å². The first kappa shape index (κ1) is 21.6. The summed E-state index contributed by atoms with van der Waals surface area (Å²) in [6, 6.07) is 5.53. The van der Waals surface area contributed by atoms with Crippen LogP contribution >= 0.6 is 23.2 Å². The van der Waals surface area contributed by atoms with E-state index in [1.54, 1.807) is 30.1 Å². The van der Waals surface area contributed by atoms with Crippen LogP contribution in [0.1, 0.15) is 20.3 Å². The number of hydrogen-bond acceptors (Lipinski definition) is 6. The Bertz CT molecular complexity index is 1070. The monoisotopic (exact) mass is 439 g/mol. The van der Waals surface area contributed by atoms with Crippen LogP contribution in [-0.4, -0.2) is 43.5 Å². The van der Waals surface area contributed by atoms with Gasteiger partial charge in [-0.1, -0.05) is 11.6 Å². The normalized spacial score (nSPS) is 11.9. The average Bonchev–Trinajstić information content (AvgIpc) is 2.91. The van der Waals surface area contributed by atoms with Gasteiger partial charge in [-0.25, -0.2) is 9.78 Å². The molecule has 0 aliphatic heterocycles. The van der Waals surface area contributed by atoms with E-state index in [9.17, 15) is 9.90 Å². The maximum atomic E-state index is 13.0. The molecule has 3 aromatic rings. The quantitative estimate of drug-likeness (QED) is 0.521. The summed E-state index contributed by atoms with van der Waals surface area (Å²) >= 11 is 12.0. The number of imidazole rings is 1. The van der Waals surface area contributed by atoms with Gasteiger partial charge in [0.15, 0.2) is 5.82 Å². The van der Waals surface area contributed by atoms with E-state index < -0.39 is 5.60 Å². The molecule has 3 rings (SSSR count). The lowest BCUT2D eigenvalue weighted by molar-refractivity contribution is 0.0662. The smallest absolute Gasteiger partial charge is 0.329 e. The number of aromatic nitrogens is 4. The Morgan fingerprint density at radius 1 is 1.21 bits per heavy atom. The minimum atomic E-state index is -0.887. The molecule has 0 radical (unpaired) electrons. The number of halogens is 2. The molecular weight excluding hydrogens is 417 g/mol. The number of benzene rings is 1. The minimum absolute atomic E-state index is 0.0748. The van der Waals surface area contributed by atoms with Crippen molar-refractivity contribution in [2.45, 2.75) is 39.0 Å². The van der Waals surface area contributed by atoms with Gasteiger partial charge in [-0.05, 0) is 50.1 Å². The molecule has 10 heteroatoms. The molecule has 0 saturated heterocycles. The van der Waals surface area contributed by atoms with Crippen LogP contribution in [0.2, 0.25) is 10.3 Å². The van der Waals surface area contributed by atoms with Gasteiger partial charge < -0.3 is 15.2 Å². The van der Waals surface area contributed by atoms with Crippen LogP contribution in [-0.2, 0) is 17.8 Å². The van der Waals surface area contributed by atoms with Crippen LogP contribution in [0, 0.1) is 0 Å². The van der Waals surface area contributed by atoms with Crippen molar-refractivity contribution in [3.05, 3.63) is 45.2 Å². The lowest BCUT2D eigenvalue weighted by Gasteiger charge is -2.17. The van der Waals surface area contributed by atoms with Crippen molar-refractivity contribution in [2.24, 2.45) is 0 Å². The zero-order valence-electron chi connectivity index (χ0n) is 16.4. The van der Waals surface area contributed by atoms with Crippen molar-refractivity contribution < 1.29 is 9.84 Å². The van der Waals surface area contributed by atoms with E-state index in [-0.39, 0.29) is 11.0 Å². The highest BCUT2D eigenvalue weighted by molar-refractivity contribution is 6.33. The van der Waals surface area contributed by atoms with Crippen molar-refractivity contribution in [3.8, 4) is 0 Å². The minimum Gasteiger partial charge on any atom is -0.390 e. The lowest BCUT2D eigenvalue weighted by atomic mass is 10.1. The summed E-state index contributed by atoms with van der Waals surface area (Å²) < 4.78 is 8.46. The largest absolute Gasteiger partial charge is 0.390 e. The Labute approximate surface area is 178 Å². The highest BCUT2D eigenvalue weighted by Gasteiger charge is 2.18. The number of anilines is 2. The zero-order valence-corrected chi connectivity index (χ0v) is 18.0. The zero-order chi connectivity index (χ0) is 21.2. The molecule has 8 nitrogen and oxygen atoms in total. The van der Waals surface area contributed by atoms with Gasteiger partial charge in [0, 0.05) is 19.3 Å². The van der Waals surface area contributed by atoms with E-state index >= 15 is 0 Å². The number of hydrogen-bond donors (Lipinski definition) is 2. The maximum Gasteiger partial charge on any atom is 0.329 e. The first-order chi connectivity index (χ1) is 13.7. The van der Waals surface area contributed by atoms with Crippen molar-refractivity contribution >= 4 is 45.7 Å². The molecule has 1 aromatic carbocycles. The van der Waals surface area contributed by atoms with Crippen LogP contribution in [0.4, 0.5) is 11.5 Å². The van der Waals surface area contributed by atoms with Gasteiger partial charge in [-0.15, -0.1) is 0 Å². The van der Waals surface area contributed by atoms with Gasteiger partial charge in [0.1, 0.15) is 5.02 Å². The Hall–Kier alpha value is -2.13. The molecule has 0 fully saturated rings. The van der Waals surface area contributed by atoms with E-state index in [2.05, 4.69) is 15.3 Å². The van der Waals surface area contributed by atoms with E-state index in [1.165, 1.54) is 6.20 Å². The van der Waals surface area contributed by atoms with E-state index in [0.29, 0.717) is 42.6 Å². The summed E-state index contributed by atoms with van der Waals surface area (Å²) in [6.07, 6.45) is 1.85. The fraction of sp³-hybridized carbons (Fsp3) is 0.421. The number of aliphatic hydroxyl groups is 1. The molecule has 0 spiro atoms. The van der Waals surface area contributed by atoms with Crippen LogP contribution in [0.5, 0.6) is 0 Å². The predicted octanol–water partition coefficient (Wildman–Crippen LogP) is 3.45. The van der Waals surface area contributed by atoms with Gasteiger partial charge in [0.2, 0.25) is 5.28 Å². The van der Waals surface area contributed by atoms with Crippen LogP contribution < -0.4 is 11.0 Å². The van der Waals surface area contributed by atoms with Crippen molar-refractivity contribution in [1.82, 2.24) is 19.1 Å². The summed E-state index contributed by atoms with van der Waals surface area (Å²) in [5.74, 6) is 0.371. The first-order valence-corrected chi connectivity index (χ1v) is 9.84. The number of ether oxygens (including phenoxy) is 1. The average molecular weight is 440 g/mol. The molecule has 2 aromatic heterocycles. The summed E-state index contributed by atoms with van der Waals surface area (Å²) in [5.41, 5.74) is 1.16. The lowest BCUT2D eigenvalue weighted by Crippen LogP contribution is -2.29. The second-order valence-electron chi connectivity index (χ2n) is 7.31. The molecule has 0 amide bonds. The van der Waals surface area contributed by atoms with Gasteiger partial charge in [0.25, 0.3) is 0 Å². The molecule has 2 N–H and O–H groups in total. The standard InChI is InChI=1S/C19H23Cl2N5O3/c1-19(2,28)6-7-25-15-10-12(23-16-13(20)11-22-17(21)24-16)4-5-14(15)26(18(25)27)8-9-29-3/h4-5,10-11,28H,6-9H2,1-3H3,(H,22,23,24). The molecule has 0 bridgehead atoms. The molecule has 0 aliphatic carbocycles. The Kier molecular flexibility index (Phi) is 6.48. The molecule has 0 unspecified atom stereocenters. The second-order valence-corrected chi connectivity index (χ2v) is 8.05. The van der Waals surface area contributed by atoms with Crippen molar-refractivity contribution in [1.29, 1.82) is 0 Å². The summed E-state index contributed by atoms with van der Waals surface area (Å²) in [5, 5.41) is 13.6. The Morgan fingerprint density at radius 2 is 1.93 bits per heavy atom. The highest BCUT2D eigenvalue weighted by Crippen LogP contribution is 2.26. The second kappa shape index (κ2) is 8.71. The van der Waals surface area contributed by atoms with Crippen LogP contribution in [0.3, 0.4) is 0 Å². The molecule has 0 aliphatic rings. The van der Waals surface area contributed by atoms with E-state index in [0.717, 1.165) is 11.0 Å². The molecule has 156 valence electrons. The third kappa shape index (κ3) is 5.08. The highest BCUT2D eigenvalue weighted by atomic mass is 35.5. The SMILES string of the molecule is COCCn1c(=O)n(CCC(C)(C)O)c2cc(Nc3nc(Cl)ncc3Cl)ccc21. The number of rotatable bonds is 8. The van der Waals surface area contributed by atoms with E-state index in [4.69, 9.17) is 27.9 Å². The molecule has 0 atom stereocenters. The Morgan fingerprint density at radius 3 is 2.62 bits per heavy atom. The third-order valence-electron chi connectivity index (χ3n) is 4.46. The number of fused-ring (bicyclic) bond motifs is 1. The Balaban J connectivity index is 2.04. The topological polar surface area (TPSA) is 94.2 Å². The van der Waals surface area contributed by atoms with Gasteiger partial charge >= 0.3 is 5.69 Å². The summed E-state index contributed by atoms with van der Waals surface area (Å²) in [4.78, 5) is 20.9. The van der Waals surface area contributed by atoms with Gasteiger partial charge in [0.05, 0.1) is 36.0 Å². The van der Waals surface area contributed by atoms with Crippen LogP contribution in [0.15, 0.2) is 29.2 Å². The number of aryl methyl sites for hydroxylation is 1. The molecular formula is C19H23Cl2N5O3. The number of nitrogens with zero attached hydrogens (tertiary/aromatic N) is 4. The van der Waals surface area contributed by atoms with E-state index in [1.807, 2.05) is 18.2 Å². The first-order valence-electron chi connectivity index (χ1n) is 9.09. The fourth-order valence-electron chi connectivity index (χ4n) is 2.97. The van der Waals surface area contributed by atoms with Crippen LogP contribution in [0.25, 0.3) is 11.0 Å². The number of nitrogens with one attached hydrogen (secondary N) is 1. The molecule has 2 heterocycles. The van der Waals surface area contributed by atoms with Crippen molar-refractivity contribution in [2.75, 3.05) is 19.0 Å².